The van der Waals surface area contributed by atoms with Crippen molar-refractivity contribution in [3.05, 3.63) is 29.8 Å². The number of nitrogens with one attached hydrogen (secondary N) is 2. The molecule has 7 nitrogen and oxygen atoms in total. The van der Waals surface area contributed by atoms with Gasteiger partial charge >= 0.3 is 6.09 Å². The van der Waals surface area contributed by atoms with Crippen LogP contribution in [0.15, 0.2) is 29.4 Å². The van der Waals surface area contributed by atoms with Crippen LogP contribution in [0.4, 0.5) is 10.5 Å². The fraction of sp³-hybridized carbons (Fsp3) is 0.571. The molecule has 2 rings (SSSR count). The Bertz CT molecular complexity index is 748. The SMILES string of the molecule is CC1CC(=O)NN=C1c1ccc(N(C)CC(C)(C)NC(=O)OC(C)(C)C)cc1. The highest BCUT2D eigenvalue weighted by atomic mass is 16.6. The zero-order valence-corrected chi connectivity index (χ0v) is 17.9. The van der Waals surface area contributed by atoms with Gasteiger partial charge in [0.05, 0.1) is 11.3 Å². The average Bonchev–Trinajstić information content (AvgIpc) is 2.52. The van der Waals surface area contributed by atoms with Gasteiger partial charge in [-0.3, -0.25) is 4.79 Å². The van der Waals surface area contributed by atoms with E-state index in [4.69, 9.17) is 4.74 Å². The van der Waals surface area contributed by atoms with Gasteiger partial charge in [0.15, 0.2) is 0 Å². The molecule has 2 N–H and O–H groups in total. The maximum Gasteiger partial charge on any atom is 0.408 e. The molecule has 0 fully saturated rings. The number of hydrogen-bond donors (Lipinski definition) is 2. The van der Waals surface area contributed by atoms with Crippen molar-refractivity contribution in [2.45, 2.75) is 59.1 Å². The van der Waals surface area contributed by atoms with E-state index in [-0.39, 0.29) is 11.8 Å². The number of hydrazone groups is 1. The second-order valence-corrected chi connectivity index (χ2v) is 9.05. The largest absolute Gasteiger partial charge is 0.444 e. The number of amides is 2. The van der Waals surface area contributed by atoms with Gasteiger partial charge in [-0.05, 0) is 52.3 Å². The van der Waals surface area contributed by atoms with E-state index in [1.807, 2.05) is 72.9 Å². The lowest BCUT2D eigenvalue weighted by Crippen LogP contribution is -2.52. The molecule has 0 saturated heterocycles. The molecule has 2 amide bonds. The summed E-state index contributed by atoms with van der Waals surface area (Å²) in [4.78, 5) is 25.6. The quantitative estimate of drug-likeness (QED) is 0.811. The zero-order valence-electron chi connectivity index (χ0n) is 17.9. The Balaban J connectivity index is 2.01. The predicted octanol–water partition coefficient (Wildman–Crippen LogP) is 3.29. The van der Waals surface area contributed by atoms with E-state index in [0.29, 0.717) is 13.0 Å². The average molecular weight is 389 g/mol. The Kier molecular flexibility index (Phi) is 6.37. The summed E-state index contributed by atoms with van der Waals surface area (Å²) >= 11 is 0. The summed E-state index contributed by atoms with van der Waals surface area (Å²) in [5.74, 6) is 0.0432. The topological polar surface area (TPSA) is 83.0 Å². The Hall–Kier alpha value is -2.57. The number of carbonyl (C=O) groups excluding carboxylic acids is 2. The van der Waals surface area contributed by atoms with Crippen LogP contribution in [0.5, 0.6) is 0 Å². The van der Waals surface area contributed by atoms with Crippen LogP contribution in [0.25, 0.3) is 0 Å². The summed E-state index contributed by atoms with van der Waals surface area (Å²) in [6, 6.07) is 8.05. The number of alkyl carbamates (subject to hydrolysis) is 1. The third kappa shape index (κ3) is 6.25. The van der Waals surface area contributed by atoms with Gasteiger partial charge in [0.2, 0.25) is 5.91 Å². The normalized spacial score (nSPS) is 17.5. The first kappa shape index (κ1) is 21.7. The van der Waals surface area contributed by atoms with E-state index in [2.05, 4.69) is 20.7 Å². The minimum Gasteiger partial charge on any atom is -0.444 e. The van der Waals surface area contributed by atoms with Crippen LogP contribution in [0.3, 0.4) is 0 Å². The Morgan fingerprint density at radius 3 is 2.39 bits per heavy atom. The Morgan fingerprint density at radius 2 is 1.86 bits per heavy atom. The van der Waals surface area contributed by atoms with Crippen molar-refractivity contribution in [1.82, 2.24) is 10.7 Å². The minimum absolute atomic E-state index is 0.0488. The van der Waals surface area contributed by atoms with Gasteiger partial charge in [0, 0.05) is 31.6 Å². The van der Waals surface area contributed by atoms with Crippen LogP contribution in [0.2, 0.25) is 0 Å². The van der Waals surface area contributed by atoms with Crippen molar-refractivity contribution in [2.75, 3.05) is 18.5 Å². The van der Waals surface area contributed by atoms with Crippen molar-refractivity contribution in [1.29, 1.82) is 0 Å². The van der Waals surface area contributed by atoms with E-state index in [0.717, 1.165) is 17.0 Å². The molecule has 1 unspecified atom stereocenters. The van der Waals surface area contributed by atoms with Crippen molar-refractivity contribution < 1.29 is 14.3 Å². The van der Waals surface area contributed by atoms with E-state index in [9.17, 15) is 9.59 Å². The first-order valence-electron chi connectivity index (χ1n) is 9.55. The van der Waals surface area contributed by atoms with Crippen molar-refractivity contribution in [2.24, 2.45) is 11.0 Å². The summed E-state index contributed by atoms with van der Waals surface area (Å²) in [7, 11) is 1.98. The van der Waals surface area contributed by atoms with E-state index >= 15 is 0 Å². The molecule has 0 aliphatic carbocycles. The van der Waals surface area contributed by atoms with Gasteiger partial charge < -0.3 is 15.0 Å². The number of anilines is 1. The highest BCUT2D eigenvalue weighted by molar-refractivity contribution is 6.05. The number of carbonyl (C=O) groups is 2. The smallest absolute Gasteiger partial charge is 0.408 e. The van der Waals surface area contributed by atoms with E-state index < -0.39 is 17.2 Å². The summed E-state index contributed by atoms with van der Waals surface area (Å²) in [6.45, 7) is 12.1. The van der Waals surface area contributed by atoms with Crippen molar-refractivity contribution in [3.63, 3.8) is 0 Å². The molecule has 1 aromatic rings. The first-order valence-corrected chi connectivity index (χ1v) is 9.55. The van der Waals surface area contributed by atoms with E-state index in [1.54, 1.807) is 0 Å². The molecule has 0 saturated carbocycles. The second kappa shape index (κ2) is 8.20. The molecule has 28 heavy (non-hydrogen) atoms. The Morgan fingerprint density at radius 1 is 1.25 bits per heavy atom. The molecule has 1 atom stereocenters. The lowest BCUT2D eigenvalue weighted by Gasteiger charge is -2.33. The predicted molar refractivity (Wildman–Crippen MR) is 112 cm³/mol. The molecule has 1 heterocycles. The highest BCUT2D eigenvalue weighted by Crippen LogP contribution is 2.21. The summed E-state index contributed by atoms with van der Waals surface area (Å²) in [5.41, 5.74) is 4.46. The maximum atomic E-state index is 12.1. The number of nitrogens with zero attached hydrogens (tertiary/aromatic N) is 2. The maximum absolute atomic E-state index is 12.1. The molecular formula is C21H32N4O3. The van der Waals surface area contributed by atoms with Gasteiger partial charge in [0.25, 0.3) is 0 Å². The molecule has 1 aliphatic rings. The first-order chi connectivity index (χ1) is 12.9. The molecule has 0 aromatic heterocycles. The van der Waals surface area contributed by atoms with Crippen LogP contribution in [-0.4, -0.2) is 42.4 Å². The van der Waals surface area contributed by atoms with Gasteiger partial charge in [-0.2, -0.15) is 5.10 Å². The monoisotopic (exact) mass is 388 g/mol. The molecule has 154 valence electrons. The molecule has 1 aromatic carbocycles. The van der Waals surface area contributed by atoms with Crippen LogP contribution in [0.1, 0.15) is 53.5 Å². The van der Waals surface area contributed by atoms with Gasteiger partial charge in [-0.25, -0.2) is 10.2 Å². The van der Waals surface area contributed by atoms with Crippen LogP contribution in [-0.2, 0) is 9.53 Å². The molecule has 1 aliphatic heterocycles. The molecule has 0 spiro atoms. The minimum atomic E-state index is -0.527. The zero-order chi connectivity index (χ0) is 21.1. The summed E-state index contributed by atoms with van der Waals surface area (Å²) < 4.78 is 5.35. The van der Waals surface area contributed by atoms with Crippen LogP contribution in [0, 0.1) is 5.92 Å². The second-order valence-electron chi connectivity index (χ2n) is 9.05. The van der Waals surface area contributed by atoms with E-state index in [1.165, 1.54) is 0 Å². The Labute approximate surface area is 167 Å². The fourth-order valence-electron chi connectivity index (χ4n) is 3.19. The molecule has 7 heteroatoms. The third-order valence-electron chi connectivity index (χ3n) is 4.34. The van der Waals surface area contributed by atoms with Gasteiger partial charge in [-0.1, -0.05) is 19.1 Å². The molecule has 0 bridgehead atoms. The van der Waals surface area contributed by atoms with Crippen molar-refractivity contribution in [3.8, 4) is 0 Å². The third-order valence-corrected chi connectivity index (χ3v) is 4.34. The number of likely N-dealkylation sites (N-methyl/N-ethyl adjacent to an activating group) is 1. The van der Waals surface area contributed by atoms with Gasteiger partial charge in [-0.15, -0.1) is 0 Å². The fourth-order valence-corrected chi connectivity index (χ4v) is 3.19. The number of hydrogen-bond acceptors (Lipinski definition) is 5. The number of ether oxygens (including phenoxy) is 1. The van der Waals surface area contributed by atoms with Crippen LogP contribution < -0.4 is 15.6 Å². The lowest BCUT2D eigenvalue weighted by molar-refractivity contribution is -0.121. The molecular weight excluding hydrogens is 356 g/mol. The molecule has 0 radical (unpaired) electrons. The lowest BCUT2D eigenvalue weighted by atomic mass is 9.94. The number of benzene rings is 1. The van der Waals surface area contributed by atoms with Crippen molar-refractivity contribution >= 4 is 23.4 Å². The van der Waals surface area contributed by atoms with Crippen LogP contribution >= 0.6 is 0 Å². The highest BCUT2D eigenvalue weighted by Gasteiger charge is 2.26. The number of rotatable bonds is 5. The standard InChI is InChI=1S/C21H32N4O3/c1-14-12-17(26)23-24-18(14)15-8-10-16(11-9-15)25(7)13-21(5,6)22-19(27)28-20(2,3)4/h8-11,14H,12-13H2,1-7H3,(H,22,27)(H,23,26). The van der Waals surface area contributed by atoms with Gasteiger partial charge in [0.1, 0.15) is 5.60 Å². The summed E-state index contributed by atoms with van der Waals surface area (Å²) in [5, 5.41) is 7.12. The summed E-state index contributed by atoms with van der Waals surface area (Å²) in [6.07, 6.45) is 0.0259.